The van der Waals surface area contributed by atoms with Gasteiger partial charge in [-0.3, -0.25) is 4.79 Å². The first-order chi connectivity index (χ1) is 14.0. The monoisotopic (exact) mass is 456 g/mol. The highest BCUT2D eigenvalue weighted by atomic mass is 35.5. The van der Waals surface area contributed by atoms with Gasteiger partial charge in [-0.1, -0.05) is 11.6 Å². The van der Waals surface area contributed by atoms with E-state index in [-0.39, 0.29) is 33.3 Å². The van der Waals surface area contributed by atoms with Gasteiger partial charge in [0.05, 0.1) is 33.3 Å². The lowest BCUT2D eigenvalue weighted by Gasteiger charge is -2.08. The SMILES string of the molecule is CCOC(=O)c1c(C)[nH]c(C(=O)COC(=O)c2cc(S(=O)(=O)NC)ccc2Cl)c1C. The minimum Gasteiger partial charge on any atom is -0.462 e. The summed E-state index contributed by atoms with van der Waals surface area (Å²) < 4.78 is 35.9. The van der Waals surface area contributed by atoms with Crippen molar-refractivity contribution in [1.29, 1.82) is 0 Å². The summed E-state index contributed by atoms with van der Waals surface area (Å²) in [6.07, 6.45) is 0. The molecule has 0 fully saturated rings. The van der Waals surface area contributed by atoms with Crippen molar-refractivity contribution in [1.82, 2.24) is 9.71 Å². The molecule has 2 rings (SSSR count). The zero-order valence-corrected chi connectivity index (χ0v) is 18.4. The Bertz CT molecular complexity index is 1110. The Morgan fingerprint density at radius 1 is 1.13 bits per heavy atom. The van der Waals surface area contributed by atoms with Crippen molar-refractivity contribution in [2.24, 2.45) is 0 Å². The van der Waals surface area contributed by atoms with Crippen LogP contribution in [0.15, 0.2) is 23.1 Å². The van der Waals surface area contributed by atoms with Crippen molar-refractivity contribution in [2.45, 2.75) is 25.7 Å². The Labute approximate surface area is 178 Å². The summed E-state index contributed by atoms with van der Waals surface area (Å²) in [6.45, 7) is 4.42. The number of halogens is 1. The third-order valence-corrected chi connectivity index (χ3v) is 6.01. The molecule has 11 heteroatoms. The van der Waals surface area contributed by atoms with Crippen molar-refractivity contribution < 1.29 is 32.3 Å². The molecule has 0 spiro atoms. The highest BCUT2D eigenvalue weighted by Crippen LogP contribution is 2.22. The molecule has 9 nitrogen and oxygen atoms in total. The van der Waals surface area contributed by atoms with Gasteiger partial charge in [-0.15, -0.1) is 0 Å². The predicted octanol–water partition coefficient (Wildman–Crippen LogP) is 2.41. The van der Waals surface area contributed by atoms with Gasteiger partial charge in [-0.05, 0) is 51.6 Å². The van der Waals surface area contributed by atoms with Gasteiger partial charge in [0.1, 0.15) is 0 Å². The number of carbonyl (C=O) groups excluding carboxylic acids is 3. The molecule has 1 heterocycles. The number of hydrogen-bond acceptors (Lipinski definition) is 7. The lowest BCUT2D eigenvalue weighted by Crippen LogP contribution is -2.20. The number of ether oxygens (including phenoxy) is 2. The van der Waals surface area contributed by atoms with Crippen LogP contribution in [-0.2, 0) is 19.5 Å². The van der Waals surface area contributed by atoms with E-state index < -0.39 is 34.4 Å². The molecule has 162 valence electrons. The van der Waals surface area contributed by atoms with Gasteiger partial charge in [-0.2, -0.15) is 0 Å². The summed E-state index contributed by atoms with van der Waals surface area (Å²) in [4.78, 5) is 39.5. The van der Waals surface area contributed by atoms with E-state index in [1.165, 1.54) is 19.2 Å². The fourth-order valence-corrected chi connectivity index (χ4v) is 3.72. The van der Waals surface area contributed by atoms with Crippen LogP contribution in [0.4, 0.5) is 0 Å². The number of H-pyrrole nitrogens is 1. The molecule has 2 aromatic rings. The van der Waals surface area contributed by atoms with Crippen LogP contribution >= 0.6 is 11.6 Å². The van der Waals surface area contributed by atoms with Crippen LogP contribution in [0.5, 0.6) is 0 Å². The molecule has 0 radical (unpaired) electrons. The van der Waals surface area contributed by atoms with Crippen LogP contribution in [-0.4, -0.2) is 51.4 Å². The molecule has 0 atom stereocenters. The summed E-state index contributed by atoms with van der Waals surface area (Å²) >= 11 is 5.97. The van der Waals surface area contributed by atoms with Gasteiger partial charge >= 0.3 is 11.9 Å². The molecule has 0 amide bonds. The maximum absolute atomic E-state index is 12.5. The predicted molar refractivity (Wildman–Crippen MR) is 109 cm³/mol. The second kappa shape index (κ2) is 9.41. The Morgan fingerprint density at radius 3 is 2.40 bits per heavy atom. The van der Waals surface area contributed by atoms with E-state index in [4.69, 9.17) is 21.1 Å². The summed E-state index contributed by atoms with van der Waals surface area (Å²) in [5.41, 5.74) is 0.994. The first-order valence-corrected chi connectivity index (χ1v) is 10.7. The molecule has 2 N–H and O–H groups in total. The van der Waals surface area contributed by atoms with Gasteiger partial charge in [-0.25, -0.2) is 22.7 Å². The van der Waals surface area contributed by atoms with E-state index in [2.05, 4.69) is 9.71 Å². The number of hydrogen-bond donors (Lipinski definition) is 2. The smallest absolute Gasteiger partial charge is 0.340 e. The lowest BCUT2D eigenvalue weighted by atomic mass is 10.1. The van der Waals surface area contributed by atoms with Gasteiger partial charge in [0.15, 0.2) is 6.61 Å². The van der Waals surface area contributed by atoms with Crippen LogP contribution < -0.4 is 4.72 Å². The molecule has 30 heavy (non-hydrogen) atoms. The van der Waals surface area contributed by atoms with Crippen LogP contribution in [0.3, 0.4) is 0 Å². The molecule has 0 bridgehead atoms. The number of ketones is 1. The molecular weight excluding hydrogens is 436 g/mol. The molecule has 0 saturated carbocycles. The Kier molecular flexibility index (Phi) is 7.40. The topological polar surface area (TPSA) is 132 Å². The average molecular weight is 457 g/mol. The van der Waals surface area contributed by atoms with Crippen molar-refractivity contribution in [3.05, 3.63) is 51.3 Å². The summed E-state index contributed by atoms with van der Waals surface area (Å²) in [5.74, 6) is -2.10. The minimum absolute atomic E-state index is 0.0287. The molecule has 0 saturated heterocycles. The number of aromatic amines is 1. The first-order valence-electron chi connectivity index (χ1n) is 8.83. The Hall–Kier alpha value is -2.69. The standard InChI is InChI=1S/C19H21ClN2O7S/c1-5-28-19(25)16-10(2)17(22-11(16)3)15(23)9-29-18(24)13-8-12(6-7-14(13)20)30(26,27)21-4/h6-8,21-22H,5,9H2,1-4H3. The first kappa shape index (κ1) is 23.6. The van der Waals surface area contributed by atoms with Gasteiger partial charge in [0, 0.05) is 5.69 Å². The largest absolute Gasteiger partial charge is 0.462 e. The molecule has 0 aliphatic heterocycles. The van der Waals surface area contributed by atoms with Crippen LogP contribution in [0.1, 0.15) is 49.4 Å². The molecule has 0 aliphatic carbocycles. The summed E-state index contributed by atoms with van der Waals surface area (Å²) in [5, 5.41) is -0.0287. The molecule has 0 aliphatic rings. The van der Waals surface area contributed by atoms with Gasteiger partial charge in [0.25, 0.3) is 0 Å². The van der Waals surface area contributed by atoms with Crippen LogP contribution in [0.2, 0.25) is 5.02 Å². The second-order valence-corrected chi connectivity index (χ2v) is 8.49. The third kappa shape index (κ3) is 4.89. The number of Topliss-reactive ketones (excluding diaryl/α,β-unsaturated/α-hetero) is 1. The van der Waals surface area contributed by atoms with E-state index in [1.54, 1.807) is 20.8 Å². The van der Waals surface area contributed by atoms with Crippen LogP contribution in [0, 0.1) is 13.8 Å². The molecule has 1 aromatic heterocycles. The number of esters is 2. The maximum atomic E-state index is 12.5. The third-order valence-electron chi connectivity index (χ3n) is 4.27. The summed E-state index contributed by atoms with van der Waals surface area (Å²) in [7, 11) is -2.57. The van der Waals surface area contributed by atoms with E-state index in [9.17, 15) is 22.8 Å². The fourth-order valence-electron chi connectivity index (χ4n) is 2.77. The number of sulfonamides is 1. The van der Waals surface area contributed by atoms with E-state index in [1.807, 2.05) is 0 Å². The number of aryl methyl sites for hydroxylation is 1. The number of aromatic nitrogens is 1. The highest BCUT2D eigenvalue weighted by Gasteiger charge is 2.24. The van der Waals surface area contributed by atoms with Crippen molar-refractivity contribution in [2.75, 3.05) is 20.3 Å². The van der Waals surface area contributed by atoms with Crippen molar-refractivity contribution in [3.8, 4) is 0 Å². The van der Waals surface area contributed by atoms with Crippen molar-refractivity contribution in [3.63, 3.8) is 0 Å². The van der Waals surface area contributed by atoms with E-state index in [0.29, 0.717) is 11.3 Å². The normalized spacial score (nSPS) is 11.2. The lowest BCUT2D eigenvalue weighted by molar-refractivity contribution is 0.0472. The second-order valence-electron chi connectivity index (χ2n) is 6.19. The fraction of sp³-hybridized carbons (Fsp3) is 0.316. The Morgan fingerprint density at radius 2 is 1.80 bits per heavy atom. The highest BCUT2D eigenvalue weighted by molar-refractivity contribution is 7.89. The zero-order valence-electron chi connectivity index (χ0n) is 16.8. The maximum Gasteiger partial charge on any atom is 0.340 e. The average Bonchev–Trinajstić information content (AvgIpc) is 3.00. The van der Waals surface area contributed by atoms with E-state index >= 15 is 0 Å². The number of carbonyl (C=O) groups is 3. The molecule has 1 aromatic carbocycles. The minimum atomic E-state index is -3.80. The number of benzene rings is 1. The molecular formula is C19H21ClN2O7S. The van der Waals surface area contributed by atoms with Gasteiger partial charge < -0.3 is 14.5 Å². The number of nitrogens with one attached hydrogen (secondary N) is 2. The summed E-state index contributed by atoms with van der Waals surface area (Å²) in [6, 6.07) is 3.54. The van der Waals surface area contributed by atoms with Crippen LogP contribution in [0.25, 0.3) is 0 Å². The molecule has 0 unspecified atom stereocenters. The van der Waals surface area contributed by atoms with Gasteiger partial charge in [0.2, 0.25) is 15.8 Å². The van der Waals surface area contributed by atoms with Crippen molar-refractivity contribution >= 4 is 39.3 Å². The Balaban J connectivity index is 2.20. The van der Waals surface area contributed by atoms with E-state index in [0.717, 1.165) is 6.07 Å². The zero-order chi connectivity index (χ0) is 22.6. The quantitative estimate of drug-likeness (QED) is 0.460. The number of rotatable bonds is 8.